The molecule has 1 saturated carbocycles. The molecule has 0 bridgehead atoms. The van der Waals surface area contributed by atoms with Gasteiger partial charge in [0.1, 0.15) is 0 Å². The van der Waals surface area contributed by atoms with E-state index in [-0.39, 0.29) is 98.1 Å². The van der Waals surface area contributed by atoms with Gasteiger partial charge in [0.25, 0.3) is 0 Å². The summed E-state index contributed by atoms with van der Waals surface area (Å²) in [7, 11) is 0. The molecule has 1 aliphatic carbocycles. The zero-order valence-corrected chi connectivity index (χ0v) is 18.6. The molecule has 0 unspecified atom stereocenters. The fraction of sp³-hybridized carbons (Fsp3) is 0.636. The molecular formula is C11H18O2Y3. The minimum absolute atomic E-state index is 0. The van der Waals surface area contributed by atoms with Crippen LogP contribution in [0.15, 0.2) is 23.3 Å². The monoisotopic (exact) mass is 449 g/mol. The molecule has 16 heavy (non-hydrogen) atoms. The van der Waals surface area contributed by atoms with Gasteiger partial charge >= 0.3 is 0 Å². The Kier molecular flexibility index (Phi) is 18.9. The summed E-state index contributed by atoms with van der Waals surface area (Å²) < 4.78 is 0. The number of hydrogen-bond acceptors (Lipinski definition) is 2. The third kappa shape index (κ3) is 7.34. The number of hydrogen-bond donors (Lipinski definition) is 2. The molecule has 0 aromatic rings. The fourth-order valence-corrected chi connectivity index (χ4v) is 1.88. The van der Waals surface area contributed by atoms with Gasteiger partial charge in [-0.1, -0.05) is 24.6 Å². The predicted octanol–water partition coefficient (Wildman–Crippen LogP) is 1.78. The van der Waals surface area contributed by atoms with Crippen molar-refractivity contribution < 1.29 is 108 Å². The van der Waals surface area contributed by atoms with Crippen molar-refractivity contribution in [2.75, 3.05) is 0 Å². The van der Waals surface area contributed by atoms with Crippen LogP contribution in [-0.4, -0.2) is 22.4 Å². The number of aliphatic hydroxyl groups excluding tert-OH is 2. The SMILES string of the molecule is CC=C1[C@H](O)CC(=CCC)C[C@H]1O.[Y].[Y].[Y]. The average molecular weight is 449 g/mol. The maximum absolute atomic E-state index is 9.67. The van der Waals surface area contributed by atoms with Crippen LogP contribution in [0.4, 0.5) is 0 Å². The van der Waals surface area contributed by atoms with Gasteiger partial charge < -0.3 is 10.2 Å². The Morgan fingerprint density at radius 2 is 1.56 bits per heavy atom. The van der Waals surface area contributed by atoms with Crippen LogP contribution in [0.3, 0.4) is 0 Å². The molecule has 2 nitrogen and oxygen atoms in total. The van der Waals surface area contributed by atoms with Gasteiger partial charge in [-0.05, 0) is 31.8 Å². The molecule has 0 heterocycles. The van der Waals surface area contributed by atoms with E-state index in [0.717, 1.165) is 12.0 Å². The average Bonchev–Trinajstić information content (AvgIpc) is 2.04. The molecule has 0 amide bonds. The summed E-state index contributed by atoms with van der Waals surface area (Å²) in [6.07, 6.45) is 5.30. The summed E-state index contributed by atoms with van der Waals surface area (Å²) in [4.78, 5) is 0. The molecule has 0 aromatic heterocycles. The summed E-state index contributed by atoms with van der Waals surface area (Å²) in [6.45, 7) is 3.92. The minimum atomic E-state index is -0.480. The first-order valence-corrected chi connectivity index (χ1v) is 4.89. The second-order valence-electron chi connectivity index (χ2n) is 3.50. The van der Waals surface area contributed by atoms with Crippen molar-refractivity contribution in [2.24, 2.45) is 0 Å². The van der Waals surface area contributed by atoms with Gasteiger partial charge in [-0.15, -0.1) is 0 Å². The van der Waals surface area contributed by atoms with Gasteiger partial charge in [-0.2, -0.15) is 0 Å². The molecule has 3 radical (unpaired) electrons. The van der Waals surface area contributed by atoms with Crippen molar-refractivity contribution in [1.82, 2.24) is 0 Å². The van der Waals surface area contributed by atoms with Crippen molar-refractivity contribution in [1.29, 1.82) is 0 Å². The van der Waals surface area contributed by atoms with Crippen LogP contribution >= 0.6 is 0 Å². The van der Waals surface area contributed by atoms with E-state index in [1.807, 2.05) is 13.0 Å². The second-order valence-corrected chi connectivity index (χ2v) is 3.50. The van der Waals surface area contributed by atoms with Crippen LogP contribution in [0.1, 0.15) is 33.1 Å². The van der Waals surface area contributed by atoms with Crippen molar-refractivity contribution in [2.45, 2.75) is 45.3 Å². The summed E-state index contributed by atoms with van der Waals surface area (Å²) in [5.74, 6) is 0. The first-order chi connectivity index (χ1) is 6.19. The topological polar surface area (TPSA) is 40.5 Å². The van der Waals surface area contributed by atoms with Crippen LogP contribution in [-0.2, 0) is 98.1 Å². The quantitative estimate of drug-likeness (QED) is 0.600. The third-order valence-electron chi connectivity index (χ3n) is 2.51. The summed E-state index contributed by atoms with van der Waals surface area (Å²) >= 11 is 0. The van der Waals surface area contributed by atoms with E-state index in [1.165, 1.54) is 5.57 Å². The largest absolute Gasteiger partial charge is 0.388 e. The van der Waals surface area contributed by atoms with Crippen LogP contribution in [0.5, 0.6) is 0 Å². The van der Waals surface area contributed by atoms with Crippen molar-refractivity contribution >= 4 is 0 Å². The van der Waals surface area contributed by atoms with E-state index in [9.17, 15) is 10.2 Å². The van der Waals surface area contributed by atoms with E-state index in [4.69, 9.17) is 0 Å². The smallest absolute Gasteiger partial charge is 0.0812 e. The summed E-state index contributed by atoms with van der Waals surface area (Å²) in [5, 5.41) is 19.3. The number of allylic oxidation sites excluding steroid dienone is 2. The molecular weight excluding hydrogens is 431 g/mol. The minimum Gasteiger partial charge on any atom is -0.388 e. The first kappa shape index (κ1) is 23.8. The van der Waals surface area contributed by atoms with Gasteiger partial charge in [-0.25, -0.2) is 0 Å². The Hall–Kier alpha value is 2.71. The van der Waals surface area contributed by atoms with Crippen molar-refractivity contribution in [3.8, 4) is 0 Å². The van der Waals surface area contributed by atoms with Gasteiger partial charge in [0.2, 0.25) is 0 Å². The van der Waals surface area contributed by atoms with Gasteiger partial charge in [0.05, 0.1) is 12.2 Å². The third-order valence-corrected chi connectivity index (χ3v) is 2.51. The van der Waals surface area contributed by atoms with Crippen LogP contribution in [0, 0.1) is 0 Å². The molecule has 2 N–H and O–H groups in total. The molecule has 1 aliphatic rings. The maximum atomic E-state index is 9.67. The molecule has 1 rings (SSSR count). The van der Waals surface area contributed by atoms with E-state index in [0.29, 0.717) is 12.8 Å². The van der Waals surface area contributed by atoms with Crippen molar-refractivity contribution in [3.63, 3.8) is 0 Å². The Labute approximate surface area is 174 Å². The van der Waals surface area contributed by atoms with Crippen LogP contribution in [0.25, 0.3) is 0 Å². The summed E-state index contributed by atoms with van der Waals surface area (Å²) in [6, 6.07) is 0. The molecule has 1 fully saturated rings. The molecule has 83 valence electrons. The van der Waals surface area contributed by atoms with E-state index in [1.54, 1.807) is 0 Å². The maximum Gasteiger partial charge on any atom is 0.0812 e. The van der Waals surface area contributed by atoms with Gasteiger partial charge in [-0.3, -0.25) is 0 Å². The van der Waals surface area contributed by atoms with Crippen LogP contribution in [0.2, 0.25) is 0 Å². The first-order valence-electron chi connectivity index (χ1n) is 4.89. The zero-order valence-electron chi connectivity index (χ0n) is 10.1. The predicted molar refractivity (Wildman–Crippen MR) is 53.4 cm³/mol. The molecule has 0 spiro atoms. The fourth-order valence-electron chi connectivity index (χ4n) is 1.88. The van der Waals surface area contributed by atoms with Crippen LogP contribution < -0.4 is 0 Å². The van der Waals surface area contributed by atoms with Gasteiger partial charge in [0.15, 0.2) is 0 Å². The zero-order chi connectivity index (χ0) is 9.84. The molecule has 0 aromatic carbocycles. The Bertz CT molecular complexity index is 223. The molecule has 0 saturated heterocycles. The number of rotatable bonds is 1. The van der Waals surface area contributed by atoms with E-state index < -0.39 is 12.2 Å². The normalized spacial score (nSPS) is 23.5. The Morgan fingerprint density at radius 3 is 1.88 bits per heavy atom. The Balaban J connectivity index is -0.000000563. The van der Waals surface area contributed by atoms with Gasteiger partial charge in [0, 0.05) is 98.1 Å². The molecule has 5 heteroatoms. The molecule has 2 atom stereocenters. The standard InChI is InChI=1S/C11H18O2.3Y/c1-3-5-8-6-10(12)9(4-2)11(13)7-8;;;/h4-5,10-13H,3,6-7H2,1-2H3;;;/t10-,11-;;;/m1.../s1. The van der Waals surface area contributed by atoms with Crippen molar-refractivity contribution in [3.05, 3.63) is 23.3 Å². The molecule has 0 aliphatic heterocycles. The summed E-state index contributed by atoms with van der Waals surface area (Å²) in [5.41, 5.74) is 1.95. The van der Waals surface area contributed by atoms with E-state index in [2.05, 4.69) is 13.0 Å². The van der Waals surface area contributed by atoms with E-state index >= 15 is 0 Å². The number of aliphatic hydroxyl groups is 2. The Morgan fingerprint density at radius 1 is 1.12 bits per heavy atom. The second kappa shape index (κ2) is 12.7.